The summed E-state index contributed by atoms with van der Waals surface area (Å²) in [5, 5.41) is 9.55. The van der Waals surface area contributed by atoms with Crippen molar-refractivity contribution >= 4 is 12.3 Å². The van der Waals surface area contributed by atoms with Crippen molar-refractivity contribution in [3.8, 4) is 0 Å². The maximum Gasteiger partial charge on any atom is 0.278 e. The van der Waals surface area contributed by atoms with Gasteiger partial charge in [-0.1, -0.05) is 12.1 Å². The van der Waals surface area contributed by atoms with Gasteiger partial charge in [-0.05, 0) is 12.1 Å². The van der Waals surface area contributed by atoms with Crippen LogP contribution in [0.25, 0.3) is 6.08 Å². The molecule has 0 bridgehead atoms. The van der Waals surface area contributed by atoms with Gasteiger partial charge in [-0.3, -0.25) is 0 Å². The smallest absolute Gasteiger partial charge is 0.0592 e. The third-order valence-electron chi connectivity index (χ3n) is 1.34. The molecule has 0 unspecified atom stereocenters. The first-order chi connectivity index (χ1) is 4.97. The molecule has 0 fully saturated rings. The largest absolute Gasteiger partial charge is 0.278 e. The van der Waals surface area contributed by atoms with E-state index in [-0.39, 0.29) is 0 Å². The number of rotatable bonds is 0. The second kappa shape index (κ2) is 2.06. The second-order valence-electron chi connectivity index (χ2n) is 2.00. The standard InChI is InChI=1S/C8H5N2/c1-2-4-8-7(3-1)5-6-9-10-8/h1-2,4-6H/q+1. The molecule has 0 saturated carbocycles. The minimum absolute atomic E-state index is 0.894. The van der Waals surface area contributed by atoms with Crippen molar-refractivity contribution in [3.63, 3.8) is 0 Å². The van der Waals surface area contributed by atoms with Crippen LogP contribution >= 0.6 is 0 Å². The molecule has 2 nitrogen and oxygen atoms in total. The highest BCUT2D eigenvalue weighted by molar-refractivity contribution is 5.90. The molecule has 0 aliphatic carbocycles. The Balaban J connectivity index is 2.92. The molecule has 2 radical (unpaired) electrons. The van der Waals surface area contributed by atoms with Crippen molar-refractivity contribution in [1.82, 2.24) is 5.10 Å². The Morgan fingerprint density at radius 1 is 1.50 bits per heavy atom. The average Bonchev–Trinajstić information content (AvgIpc) is 2.05. The SMILES string of the molecule is [c]1cccc2c1=CC=[N+]N=2. The fraction of sp³-hybridized carbons (Fsp3) is 0. The van der Waals surface area contributed by atoms with E-state index in [9.17, 15) is 0 Å². The zero-order valence-electron chi connectivity index (χ0n) is 5.28. The molecule has 2 heteroatoms. The molecule has 0 spiro atoms. The Bertz CT molecular complexity index is 339. The first-order valence-corrected chi connectivity index (χ1v) is 3.05. The van der Waals surface area contributed by atoms with Crippen molar-refractivity contribution < 1.29 is 0 Å². The lowest BCUT2D eigenvalue weighted by atomic mass is 10.2. The van der Waals surface area contributed by atoms with Crippen molar-refractivity contribution in [3.05, 3.63) is 34.8 Å². The summed E-state index contributed by atoms with van der Waals surface area (Å²) in [6.07, 6.45) is 3.56. The van der Waals surface area contributed by atoms with E-state index in [0.29, 0.717) is 0 Å². The van der Waals surface area contributed by atoms with E-state index in [1.54, 1.807) is 6.21 Å². The molecule has 10 heavy (non-hydrogen) atoms. The van der Waals surface area contributed by atoms with Crippen molar-refractivity contribution in [2.75, 3.05) is 0 Å². The summed E-state index contributed by atoms with van der Waals surface area (Å²) in [6.45, 7) is 0. The summed E-state index contributed by atoms with van der Waals surface area (Å²) in [5.41, 5.74) is 0. The second-order valence-corrected chi connectivity index (χ2v) is 2.00. The minimum atomic E-state index is 0.894. The van der Waals surface area contributed by atoms with Crippen molar-refractivity contribution in [2.24, 2.45) is 5.10 Å². The quantitative estimate of drug-likeness (QED) is 0.439. The van der Waals surface area contributed by atoms with Gasteiger partial charge >= 0.3 is 0 Å². The highest BCUT2D eigenvalue weighted by Crippen LogP contribution is 1.70. The predicted octanol–water partition coefficient (Wildman–Crippen LogP) is -0.778. The number of hydrogen-bond acceptors (Lipinski definition) is 2. The lowest BCUT2D eigenvalue weighted by Crippen LogP contribution is -2.27. The van der Waals surface area contributed by atoms with Gasteiger partial charge < -0.3 is 0 Å². The van der Waals surface area contributed by atoms with Crippen LogP contribution in [0.4, 0.5) is 0 Å². The van der Waals surface area contributed by atoms with E-state index in [2.05, 4.69) is 16.3 Å². The summed E-state index contributed by atoms with van der Waals surface area (Å²) < 4.78 is 0. The van der Waals surface area contributed by atoms with Crippen LogP contribution in [0.3, 0.4) is 0 Å². The summed E-state index contributed by atoms with van der Waals surface area (Å²) in [5.74, 6) is 0. The molecule has 1 aromatic carbocycles. The predicted molar refractivity (Wildman–Crippen MR) is 38.7 cm³/mol. The van der Waals surface area contributed by atoms with Crippen LogP contribution in [0.1, 0.15) is 0 Å². The fourth-order valence-electron chi connectivity index (χ4n) is 0.865. The van der Waals surface area contributed by atoms with Gasteiger partial charge in [0.2, 0.25) is 5.10 Å². The van der Waals surface area contributed by atoms with Gasteiger partial charge in [-0.25, -0.2) is 0 Å². The topological polar surface area (TPSA) is 26.5 Å². The molecular formula is C8H5N2+. The minimum Gasteiger partial charge on any atom is -0.0592 e. The lowest BCUT2D eigenvalue weighted by Gasteiger charge is -1.81. The maximum atomic E-state index is 3.90. The number of hydrogen-bond donors (Lipinski definition) is 0. The number of nitrogens with zero attached hydrogens (tertiary/aromatic N) is 2. The van der Waals surface area contributed by atoms with Crippen molar-refractivity contribution in [2.45, 2.75) is 0 Å². The van der Waals surface area contributed by atoms with E-state index in [1.807, 2.05) is 24.3 Å². The molecule has 1 aliphatic heterocycles. The van der Waals surface area contributed by atoms with E-state index in [1.165, 1.54) is 0 Å². The molecule has 0 atom stereocenters. The first-order valence-electron chi connectivity index (χ1n) is 3.05. The zero-order chi connectivity index (χ0) is 6.81. The molecule has 1 aromatic rings. The van der Waals surface area contributed by atoms with E-state index in [4.69, 9.17) is 0 Å². The number of benzene rings is 1. The van der Waals surface area contributed by atoms with Gasteiger partial charge in [-0.2, -0.15) is 0 Å². The fourth-order valence-corrected chi connectivity index (χ4v) is 0.865. The van der Waals surface area contributed by atoms with Gasteiger partial charge in [0.25, 0.3) is 6.21 Å². The molecule has 1 heterocycles. The molecule has 0 aromatic heterocycles. The van der Waals surface area contributed by atoms with Crippen molar-refractivity contribution in [1.29, 1.82) is 0 Å². The maximum absolute atomic E-state index is 3.90. The normalized spacial score (nSPS) is 13.2. The zero-order valence-corrected chi connectivity index (χ0v) is 5.28. The molecule has 2 rings (SSSR count). The van der Waals surface area contributed by atoms with Crippen LogP contribution in [0.5, 0.6) is 0 Å². The summed E-state index contributed by atoms with van der Waals surface area (Å²) in [4.78, 5) is 0. The van der Waals surface area contributed by atoms with Crippen LogP contribution in [-0.4, -0.2) is 6.21 Å². The van der Waals surface area contributed by atoms with Crippen LogP contribution in [0.15, 0.2) is 23.3 Å². The van der Waals surface area contributed by atoms with E-state index in [0.717, 1.165) is 10.6 Å². The summed E-state index contributed by atoms with van der Waals surface area (Å²) >= 11 is 0. The first kappa shape index (κ1) is 5.35. The Morgan fingerprint density at radius 3 is 3.40 bits per heavy atom. The van der Waals surface area contributed by atoms with E-state index >= 15 is 0 Å². The summed E-state index contributed by atoms with van der Waals surface area (Å²) in [7, 11) is 0. The van der Waals surface area contributed by atoms with Crippen LogP contribution in [0, 0.1) is 6.07 Å². The monoisotopic (exact) mass is 129 g/mol. The molecule has 0 amide bonds. The molecule has 46 valence electrons. The third kappa shape index (κ3) is 0.739. The molecule has 0 saturated heterocycles. The molecular weight excluding hydrogens is 124 g/mol. The Labute approximate surface area is 58.2 Å². The van der Waals surface area contributed by atoms with Crippen LogP contribution in [-0.2, 0) is 0 Å². The molecule has 0 N–H and O–H groups in total. The number of fused-ring (bicyclic) bond motifs is 1. The van der Waals surface area contributed by atoms with Gasteiger partial charge in [-0.15, -0.1) is 0 Å². The Morgan fingerprint density at radius 2 is 2.50 bits per heavy atom. The summed E-state index contributed by atoms with van der Waals surface area (Å²) in [6, 6.07) is 8.73. The van der Waals surface area contributed by atoms with Gasteiger partial charge in [0, 0.05) is 11.3 Å². The highest BCUT2D eigenvalue weighted by atomic mass is 15.2. The Hall–Kier alpha value is -1.44. The highest BCUT2D eigenvalue weighted by Gasteiger charge is 1.95. The Kier molecular flexibility index (Phi) is 1.10. The van der Waals surface area contributed by atoms with E-state index < -0.39 is 0 Å². The third-order valence-corrected chi connectivity index (χ3v) is 1.34. The van der Waals surface area contributed by atoms with Gasteiger partial charge in [0.1, 0.15) is 5.36 Å². The van der Waals surface area contributed by atoms with Gasteiger partial charge in [0.15, 0.2) is 0 Å². The lowest BCUT2D eigenvalue weighted by molar-refractivity contribution is 1.02. The van der Waals surface area contributed by atoms with Crippen LogP contribution < -0.4 is 15.7 Å². The van der Waals surface area contributed by atoms with Crippen LogP contribution in [0.2, 0.25) is 0 Å². The van der Waals surface area contributed by atoms with Gasteiger partial charge in [0.05, 0.1) is 5.10 Å². The average molecular weight is 129 g/mol. The molecule has 1 aliphatic rings.